The fourth-order valence-corrected chi connectivity index (χ4v) is 1.57. The number of carboxylic acids is 1. The van der Waals surface area contributed by atoms with E-state index in [0.717, 1.165) is 0 Å². The summed E-state index contributed by atoms with van der Waals surface area (Å²) < 4.78 is 0. The molecule has 0 unspecified atom stereocenters. The molecule has 1 N–H and O–H groups in total. The van der Waals surface area contributed by atoms with Crippen LogP contribution in [0.1, 0.15) is 27.2 Å². The van der Waals surface area contributed by atoms with Crippen LogP contribution in [0.25, 0.3) is 0 Å². The first kappa shape index (κ1) is 12.2. The molecule has 0 heterocycles. The van der Waals surface area contributed by atoms with E-state index in [9.17, 15) is 9.59 Å². The lowest BCUT2D eigenvalue weighted by molar-refractivity contribution is -0.133. The Bertz CT molecular complexity index is 254. The molecule has 0 aliphatic carbocycles. The van der Waals surface area contributed by atoms with Gasteiger partial charge < -0.3 is 5.11 Å². The number of carboxylic acid groups (broad SMARTS) is 1. The molecule has 0 amide bonds. The standard InChI is InChI=1S/C9H14O3S/c1-4-6(8(10)11)7(5(2)3)9(12)13/h5H,4H2,1-3H3,(H,10,11)(H,12,13)/b7-6-. The molecule has 4 heteroatoms. The van der Waals surface area contributed by atoms with Crippen molar-refractivity contribution in [3.63, 3.8) is 0 Å². The van der Waals surface area contributed by atoms with Gasteiger partial charge in [0.1, 0.15) is 0 Å². The minimum atomic E-state index is -1.03. The summed E-state index contributed by atoms with van der Waals surface area (Å²) in [4.78, 5) is 21.8. The van der Waals surface area contributed by atoms with Crippen molar-refractivity contribution >= 4 is 23.7 Å². The van der Waals surface area contributed by atoms with Crippen LogP contribution >= 0.6 is 12.6 Å². The third kappa shape index (κ3) is 3.22. The molecule has 13 heavy (non-hydrogen) atoms. The summed E-state index contributed by atoms with van der Waals surface area (Å²) in [5.41, 5.74) is 0.466. The summed E-state index contributed by atoms with van der Waals surface area (Å²) in [6, 6.07) is 0. The Morgan fingerprint density at radius 3 is 1.92 bits per heavy atom. The number of carbonyl (C=O) groups is 2. The van der Waals surface area contributed by atoms with Gasteiger partial charge in [-0.1, -0.05) is 20.8 Å². The van der Waals surface area contributed by atoms with E-state index in [2.05, 4.69) is 12.6 Å². The third-order valence-electron chi connectivity index (χ3n) is 1.74. The van der Waals surface area contributed by atoms with Crippen molar-refractivity contribution in [1.82, 2.24) is 0 Å². The zero-order chi connectivity index (χ0) is 10.6. The average molecular weight is 202 g/mol. The van der Waals surface area contributed by atoms with E-state index in [4.69, 9.17) is 5.11 Å². The minimum Gasteiger partial charge on any atom is -0.478 e. The molecule has 0 saturated heterocycles. The molecule has 0 aromatic rings. The Labute approximate surface area is 83.2 Å². The molecular formula is C9H14O3S. The summed E-state index contributed by atoms with van der Waals surface area (Å²) in [6.07, 6.45) is 0.342. The fourth-order valence-electron chi connectivity index (χ4n) is 1.18. The highest BCUT2D eigenvalue weighted by Gasteiger charge is 2.19. The predicted octanol–water partition coefficient (Wildman–Crippen LogP) is 1.89. The molecular weight excluding hydrogens is 188 g/mol. The largest absolute Gasteiger partial charge is 0.478 e. The Morgan fingerprint density at radius 2 is 1.85 bits per heavy atom. The second-order valence-corrected chi connectivity index (χ2v) is 3.42. The van der Waals surface area contributed by atoms with Gasteiger partial charge in [0.2, 0.25) is 5.12 Å². The number of carbonyl (C=O) groups excluding carboxylic acids is 1. The van der Waals surface area contributed by atoms with Crippen LogP contribution in [0.3, 0.4) is 0 Å². The van der Waals surface area contributed by atoms with E-state index in [-0.39, 0.29) is 11.5 Å². The van der Waals surface area contributed by atoms with Crippen molar-refractivity contribution in [3.05, 3.63) is 11.1 Å². The molecule has 0 aromatic heterocycles. The zero-order valence-electron chi connectivity index (χ0n) is 8.00. The molecule has 0 fully saturated rings. The van der Waals surface area contributed by atoms with Gasteiger partial charge >= 0.3 is 5.97 Å². The summed E-state index contributed by atoms with van der Waals surface area (Å²) in [6.45, 7) is 5.27. The molecule has 0 bridgehead atoms. The number of rotatable bonds is 4. The second kappa shape index (κ2) is 5.07. The average Bonchev–Trinajstić information content (AvgIpc) is 1.97. The quantitative estimate of drug-likeness (QED) is 0.540. The number of hydrogen-bond donors (Lipinski definition) is 2. The normalized spacial score (nSPS) is 12.7. The predicted molar refractivity (Wildman–Crippen MR) is 53.8 cm³/mol. The molecule has 0 rings (SSSR count). The Balaban J connectivity index is 5.26. The van der Waals surface area contributed by atoms with E-state index in [1.54, 1.807) is 20.8 Å². The van der Waals surface area contributed by atoms with Gasteiger partial charge in [0.15, 0.2) is 0 Å². The van der Waals surface area contributed by atoms with Gasteiger partial charge in [-0.2, -0.15) is 0 Å². The fraction of sp³-hybridized carbons (Fsp3) is 0.556. The second-order valence-electron chi connectivity index (χ2n) is 3.01. The molecule has 0 saturated carbocycles. The van der Waals surface area contributed by atoms with Crippen molar-refractivity contribution in [2.45, 2.75) is 27.2 Å². The van der Waals surface area contributed by atoms with E-state index < -0.39 is 11.1 Å². The summed E-state index contributed by atoms with van der Waals surface area (Å²) in [5, 5.41) is 8.35. The maximum absolute atomic E-state index is 11.0. The summed E-state index contributed by atoms with van der Waals surface area (Å²) in [5.74, 6) is -1.13. The third-order valence-corrected chi connectivity index (χ3v) is 1.99. The molecule has 0 spiro atoms. The molecule has 3 nitrogen and oxygen atoms in total. The van der Waals surface area contributed by atoms with Crippen molar-refractivity contribution in [3.8, 4) is 0 Å². The van der Waals surface area contributed by atoms with E-state index in [1.165, 1.54) is 0 Å². The first-order valence-corrected chi connectivity index (χ1v) is 4.56. The minimum absolute atomic E-state index is 0.101. The molecule has 0 aliphatic rings. The number of hydrogen-bond acceptors (Lipinski definition) is 2. The lowest BCUT2D eigenvalue weighted by atomic mass is 9.97. The van der Waals surface area contributed by atoms with Crippen molar-refractivity contribution in [2.24, 2.45) is 5.92 Å². The van der Waals surface area contributed by atoms with E-state index in [0.29, 0.717) is 12.0 Å². The topological polar surface area (TPSA) is 54.4 Å². The summed E-state index contributed by atoms with van der Waals surface area (Å²) >= 11 is 3.66. The van der Waals surface area contributed by atoms with Crippen molar-refractivity contribution in [2.75, 3.05) is 0 Å². The molecule has 0 aliphatic heterocycles. The van der Waals surface area contributed by atoms with Gasteiger partial charge in [-0.05, 0) is 12.3 Å². The number of aliphatic carboxylic acids is 1. The van der Waals surface area contributed by atoms with Crippen LogP contribution in [0.15, 0.2) is 11.1 Å². The molecule has 74 valence electrons. The Kier molecular flexibility index (Phi) is 4.77. The van der Waals surface area contributed by atoms with Gasteiger partial charge in [0.05, 0.1) is 0 Å². The van der Waals surface area contributed by atoms with Crippen LogP contribution in [0.4, 0.5) is 0 Å². The summed E-state index contributed by atoms with van der Waals surface area (Å²) in [7, 11) is 0. The van der Waals surface area contributed by atoms with E-state index in [1.807, 2.05) is 0 Å². The Hall–Kier alpha value is -0.770. The number of thiol groups is 1. The lowest BCUT2D eigenvalue weighted by Gasteiger charge is -2.10. The van der Waals surface area contributed by atoms with Gasteiger partial charge in [-0.3, -0.25) is 4.79 Å². The van der Waals surface area contributed by atoms with Crippen LogP contribution in [0.5, 0.6) is 0 Å². The zero-order valence-corrected chi connectivity index (χ0v) is 8.89. The Morgan fingerprint density at radius 1 is 1.38 bits per heavy atom. The van der Waals surface area contributed by atoms with Crippen molar-refractivity contribution in [1.29, 1.82) is 0 Å². The monoisotopic (exact) mass is 202 g/mol. The highest BCUT2D eigenvalue weighted by Crippen LogP contribution is 2.20. The molecule has 0 aromatic carbocycles. The molecule has 0 atom stereocenters. The lowest BCUT2D eigenvalue weighted by Crippen LogP contribution is -2.12. The van der Waals surface area contributed by atoms with Gasteiger partial charge in [-0.25, -0.2) is 4.79 Å². The SMILES string of the molecule is CC/C(C(=O)O)=C(/C(=O)S)C(C)C. The van der Waals surface area contributed by atoms with Gasteiger partial charge in [0, 0.05) is 11.1 Å². The highest BCUT2D eigenvalue weighted by atomic mass is 32.1. The maximum Gasteiger partial charge on any atom is 0.331 e. The smallest absolute Gasteiger partial charge is 0.331 e. The van der Waals surface area contributed by atoms with Gasteiger partial charge in [0.25, 0.3) is 0 Å². The first-order valence-electron chi connectivity index (χ1n) is 4.11. The molecule has 0 radical (unpaired) electrons. The van der Waals surface area contributed by atoms with Crippen molar-refractivity contribution < 1.29 is 14.7 Å². The van der Waals surface area contributed by atoms with Crippen LogP contribution in [0.2, 0.25) is 0 Å². The van der Waals surface area contributed by atoms with Gasteiger partial charge in [-0.15, -0.1) is 12.6 Å². The van der Waals surface area contributed by atoms with Crippen LogP contribution in [-0.4, -0.2) is 16.2 Å². The van der Waals surface area contributed by atoms with Crippen LogP contribution in [0, 0.1) is 5.92 Å². The van der Waals surface area contributed by atoms with Crippen LogP contribution in [-0.2, 0) is 9.59 Å². The maximum atomic E-state index is 11.0. The first-order chi connectivity index (χ1) is 5.91. The highest BCUT2D eigenvalue weighted by molar-refractivity contribution is 7.97. The van der Waals surface area contributed by atoms with Crippen LogP contribution < -0.4 is 0 Å². The van der Waals surface area contributed by atoms with E-state index >= 15 is 0 Å².